The lowest BCUT2D eigenvalue weighted by Crippen LogP contribution is -2.17. The predicted octanol–water partition coefficient (Wildman–Crippen LogP) is 4.26. The maximum absolute atomic E-state index is 10.6. The quantitative estimate of drug-likeness (QED) is 0.485. The number of nitro benzene ring substituents is 1. The zero-order chi connectivity index (χ0) is 16.2. The summed E-state index contributed by atoms with van der Waals surface area (Å²) in [6.45, 7) is 3.88. The van der Waals surface area contributed by atoms with Crippen LogP contribution in [-0.2, 0) is 11.8 Å². The third-order valence-corrected chi connectivity index (χ3v) is 5.01. The van der Waals surface area contributed by atoms with Gasteiger partial charge in [0.1, 0.15) is 5.75 Å². The number of benzene rings is 2. The molecule has 116 valence electrons. The average Bonchev–Trinajstić information content (AvgIpc) is 2.47. The first-order valence-electron chi connectivity index (χ1n) is 6.72. The number of hydrogen-bond donors (Lipinski definition) is 1. The molecule has 2 rings (SSSR count). The SMILES string of the molecule is C[C@H](NP(C)(=S)Oc1ccc([N+](=O)[O-])cc1)c1ccccc1. The Bertz CT molecular complexity index is 692. The zero-order valence-corrected chi connectivity index (χ0v) is 14.0. The van der Waals surface area contributed by atoms with Crippen LogP contribution in [0.2, 0.25) is 0 Å². The first-order chi connectivity index (χ1) is 10.4. The maximum Gasteiger partial charge on any atom is 0.269 e. The molecule has 0 aromatic heterocycles. The Labute approximate surface area is 134 Å². The second kappa shape index (κ2) is 7.01. The molecule has 5 nitrogen and oxygen atoms in total. The van der Waals surface area contributed by atoms with Crippen molar-refractivity contribution < 1.29 is 9.45 Å². The molecule has 0 aliphatic rings. The van der Waals surface area contributed by atoms with Crippen molar-refractivity contribution in [2.45, 2.75) is 13.0 Å². The molecular formula is C15H17N2O3PS. The van der Waals surface area contributed by atoms with E-state index in [4.69, 9.17) is 16.3 Å². The molecule has 0 fully saturated rings. The van der Waals surface area contributed by atoms with Crippen molar-refractivity contribution in [2.24, 2.45) is 0 Å². The van der Waals surface area contributed by atoms with Crippen molar-refractivity contribution in [3.8, 4) is 5.75 Å². The molecule has 2 aromatic rings. The van der Waals surface area contributed by atoms with Gasteiger partial charge in [0, 0.05) is 24.8 Å². The lowest BCUT2D eigenvalue weighted by atomic mass is 10.1. The Morgan fingerprint density at radius 1 is 1.18 bits per heavy atom. The first-order valence-corrected chi connectivity index (χ1v) is 9.88. The highest BCUT2D eigenvalue weighted by molar-refractivity contribution is 8.11. The van der Waals surface area contributed by atoms with Gasteiger partial charge in [0.2, 0.25) is 0 Å². The van der Waals surface area contributed by atoms with Crippen LogP contribution in [0.4, 0.5) is 5.69 Å². The van der Waals surface area contributed by atoms with Crippen molar-refractivity contribution in [3.63, 3.8) is 0 Å². The molecule has 0 radical (unpaired) electrons. The largest absolute Gasteiger partial charge is 0.454 e. The van der Waals surface area contributed by atoms with Gasteiger partial charge < -0.3 is 4.52 Å². The normalized spacial score (nSPS) is 14.8. The molecule has 2 atom stereocenters. The highest BCUT2D eigenvalue weighted by Crippen LogP contribution is 2.42. The van der Waals surface area contributed by atoms with E-state index in [9.17, 15) is 10.1 Å². The van der Waals surface area contributed by atoms with Crippen LogP contribution in [0.15, 0.2) is 54.6 Å². The Balaban J connectivity index is 2.04. The van der Waals surface area contributed by atoms with Crippen molar-refractivity contribution in [3.05, 3.63) is 70.3 Å². The van der Waals surface area contributed by atoms with Gasteiger partial charge in [-0.15, -0.1) is 0 Å². The van der Waals surface area contributed by atoms with Crippen molar-refractivity contribution in [2.75, 3.05) is 6.66 Å². The second-order valence-electron chi connectivity index (χ2n) is 4.95. The zero-order valence-electron chi connectivity index (χ0n) is 12.3. The number of nitrogens with one attached hydrogen (secondary N) is 1. The molecule has 0 saturated heterocycles. The molecule has 0 bridgehead atoms. The molecule has 22 heavy (non-hydrogen) atoms. The Hall–Kier alpha value is -1.75. The summed E-state index contributed by atoms with van der Waals surface area (Å²) < 4.78 is 5.82. The van der Waals surface area contributed by atoms with E-state index in [2.05, 4.69) is 5.09 Å². The van der Waals surface area contributed by atoms with Gasteiger partial charge >= 0.3 is 0 Å². The third kappa shape index (κ3) is 4.63. The molecule has 0 aliphatic carbocycles. The van der Waals surface area contributed by atoms with Gasteiger partial charge in [-0.05, 0) is 36.4 Å². The van der Waals surface area contributed by atoms with Crippen LogP contribution in [0.5, 0.6) is 5.75 Å². The van der Waals surface area contributed by atoms with Gasteiger partial charge in [-0.25, -0.2) is 0 Å². The molecule has 1 N–H and O–H groups in total. The van der Waals surface area contributed by atoms with Crippen molar-refractivity contribution in [1.82, 2.24) is 5.09 Å². The van der Waals surface area contributed by atoms with Crippen LogP contribution in [-0.4, -0.2) is 11.6 Å². The lowest BCUT2D eigenvalue weighted by Gasteiger charge is -2.24. The van der Waals surface area contributed by atoms with E-state index in [1.165, 1.54) is 12.1 Å². The summed E-state index contributed by atoms with van der Waals surface area (Å²) in [7, 11) is 0. The standard InChI is InChI=1S/C15H17N2O3PS/c1-12(13-6-4-3-5-7-13)16-21(2,22)20-15-10-8-14(9-11-15)17(18)19/h3-12H,1-2H3,(H,16,22)/t12-,21?/m0/s1. The van der Waals surface area contributed by atoms with Crippen molar-refractivity contribution >= 4 is 23.9 Å². The van der Waals surface area contributed by atoms with Crippen LogP contribution in [0.25, 0.3) is 0 Å². The number of rotatable bonds is 6. The van der Waals surface area contributed by atoms with E-state index in [0.717, 1.165) is 5.56 Å². The van der Waals surface area contributed by atoms with Gasteiger partial charge in [-0.2, -0.15) is 0 Å². The molecule has 0 saturated carbocycles. The Morgan fingerprint density at radius 3 is 2.32 bits per heavy atom. The van der Waals surface area contributed by atoms with E-state index < -0.39 is 11.3 Å². The molecule has 2 aromatic carbocycles. The van der Waals surface area contributed by atoms with Crippen LogP contribution in [0, 0.1) is 10.1 Å². The Morgan fingerprint density at radius 2 is 1.77 bits per heavy atom. The van der Waals surface area contributed by atoms with E-state index >= 15 is 0 Å². The van der Waals surface area contributed by atoms with Gasteiger partial charge in [0.05, 0.1) is 4.92 Å². The summed E-state index contributed by atoms with van der Waals surface area (Å²) in [4.78, 5) is 10.2. The molecule has 0 spiro atoms. The van der Waals surface area contributed by atoms with Crippen LogP contribution >= 0.6 is 6.42 Å². The van der Waals surface area contributed by atoms with E-state index in [0.29, 0.717) is 5.75 Å². The van der Waals surface area contributed by atoms with Gasteiger partial charge in [-0.1, -0.05) is 30.3 Å². The fourth-order valence-electron chi connectivity index (χ4n) is 2.02. The number of nitro groups is 1. The summed E-state index contributed by atoms with van der Waals surface area (Å²) in [5.41, 5.74) is 1.16. The maximum atomic E-state index is 10.6. The molecule has 7 heteroatoms. The molecule has 0 aliphatic heterocycles. The average molecular weight is 336 g/mol. The number of non-ortho nitro benzene ring substituents is 1. The van der Waals surface area contributed by atoms with E-state index in [1.54, 1.807) is 12.1 Å². The fraction of sp³-hybridized carbons (Fsp3) is 0.200. The first kappa shape index (κ1) is 16.6. The second-order valence-corrected chi connectivity index (χ2v) is 9.17. The predicted molar refractivity (Wildman–Crippen MR) is 91.9 cm³/mol. The van der Waals surface area contributed by atoms with Crippen LogP contribution < -0.4 is 9.61 Å². The molecule has 1 unspecified atom stereocenters. The third-order valence-electron chi connectivity index (χ3n) is 3.05. The van der Waals surface area contributed by atoms with Crippen molar-refractivity contribution in [1.29, 1.82) is 0 Å². The summed E-state index contributed by atoms with van der Waals surface area (Å²) in [6.07, 6.45) is -2.26. The lowest BCUT2D eigenvalue weighted by molar-refractivity contribution is -0.384. The smallest absolute Gasteiger partial charge is 0.269 e. The number of nitrogens with zero attached hydrogens (tertiary/aromatic N) is 1. The summed E-state index contributed by atoms with van der Waals surface area (Å²) >= 11 is 5.53. The molecule has 0 amide bonds. The van der Waals surface area contributed by atoms with Gasteiger partial charge in [-0.3, -0.25) is 15.2 Å². The highest BCUT2D eigenvalue weighted by atomic mass is 32.4. The monoisotopic (exact) mass is 336 g/mol. The molecular weight excluding hydrogens is 319 g/mol. The minimum Gasteiger partial charge on any atom is -0.454 e. The van der Waals surface area contributed by atoms with Gasteiger partial charge in [0.25, 0.3) is 5.69 Å². The molecule has 0 heterocycles. The number of hydrogen-bond acceptors (Lipinski definition) is 4. The fourth-order valence-corrected chi connectivity index (χ4v) is 4.19. The summed E-state index contributed by atoms with van der Waals surface area (Å²) in [5.74, 6) is 0.532. The highest BCUT2D eigenvalue weighted by Gasteiger charge is 2.17. The Kier molecular flexibility index (Phi) is 5.29. The summed E-state index contributed by atoms with van der Waals surface area (Å²) in [5, 5.41) is 14.0. The topological polar surface area (TPSA) is 64.4 Å². The van der Waals surface area contributed by atoms with Crippen LogP contribution in [0.3, 0.4) is 0 Å². The van der Waals surface area contributed by atoms with Crippen LogP contribution in [0.1, 0.15) is 18.5 Å². The van der Waals surface area contributed by atoms with E-state index in [1.807, 2.05) is 43.9 Å². The minimum absolute atomic E-state index is 0.0300. The minimum atomic E-state index is -2.26. The van der Waals surface area contributed by atoms with Gasteiger partial charge in [0.15, 0.2) is 6.42 Å². The summed E-state index contributed by atoms with van der Waals surface area (Å²) in [6, 6.07) is 16.0. The van der Waals surface area contributed by atoms with E-state index in [-0.39, 0.29) is 11.7 Å².